The van der Waals surface area contributed by atoms with Crippen LogP contribution in [-0.2, 0) is 9.53 Å². The largest absolute Gasteiger partial charge is 0.392 e. The minimum absolute atomic E-state index is 0.0705. The van der Waals surface area contributed by atoms with Crippen LogP contribution in [0.1, 0.15) is 26.2 Å². The number of piperidine rings is 1. The van der Waals surface area contributed by atoms with E-state index >= 15 is 0 Å². The zero-order valence-corrected chi connectivity index (χ0v) is 12.7. The van der Waals surface area contributed by atoms with E-state index in [2.05, 4.69) is 0 Å². The van der Waals surface area contributed by atoms with Crippen LogP contribution < -0.4 is 5.73 Å². The molecular formula is C12H22N2O2S2. The molecule has 0 spiro atoms. The van der Waals surface area contributed by atoms with E-state index in [1.165, 1.54) is 0 Å². The van der Waals surface area contributed by atoms with Gasteiger partial charge in [-0.15, -0.1) is 0 Å². The second kappa shape index (κ2) is 7.31. The number of carbonyl (C=O) groups excluding carboxylic acids is 1. The van der Waals surface area contributed by atoms with Gasteiger partial charge in [-0.3, -0.25) is 4.79 Å². The van der Waals surface area contributed by atoms with Gasteiger partial charge in [0.15, 0.2) is 0 Å². The first-order valence-electron chi connectivity index (χ1n) is 6.26. The lowest BCUT2D eigenvalue weighted by molar-refractivity contribution is -0.137. The van der Waals surface area contributed by atoms with Crippen molar-refractivity contribution in [1.82, 2.24) is 4.90 Å². The van der Waals surface area contributed by atoms with Crippen molar-refractivity contribution in [2.45, 2.75) is 30.9 Å². The summed E-state index contributed by atoms with van der Waals surface area (Å²) in [5.41, 5.74) is 5.81. The summed E-state index contributed by atoms with van der Waals surface area (Å²) in [6, 6.07) is 0. The number of thioether (sulfide) groups is 1. The molecule has 1 amide bonds. The van der Waals surface area contributed by atoms with Crippen LogP contribution in [0.25, 0.3) is 0 Å². The van der Waals surface area contributed by atoms with Crippen molar-refractivity contribution < 1.29 is 9.53 Å². The molecule has 0 aromatic heterocycles. The summed E-state index contributed by atoms with van der Waals surface area (Å²) in [4.78, 5) is 14.3. The molecule has 1 aliphatic rings. The topological polar surface area (TPSA) is 55.6 Å². The van der Waals surface area contributed by atoms with E-state index in [0.29, 0.717) is 24.7 Å². The molecule has 0 atom stereocenters. The lowest BCUT2D eigenvalue weighted by Gasteiger charge is -2.40. The predicted octanol–water partition coefficient (Wildman–Crippen LogP) is 1.42. The van der Waals surface area contributed by atoms with Gasteiger partial charge in [0.25, 0.3) is 0 Å². The molecule has 0 aromatic carbocycles. The fourth-order valence-corrected chi connectivity index (χ4v) is 3.31. The minimum atomic E-state index is -0.129. The van der Waals surface area contributed by atoms with Crippen LogP contribution in [0.15, 0.2) is 0 Å². The second-order valence-corrected chi connectivity index (χ2v) is 6.13. The summed E-state index contributed by atoms with van der Waals surface area (Å²) >= 11 is 6.85. The molecule has 2 N–H and O–H groups in total. The average Bonchev–Trinajstić information content (AvgIpc) is 2.38. The number of nitrogens with two attached hydrogens (primary N) is 1. The Hall–Kier alpha value is -0.330. The van der Waals surface area contributed by atoms with Crippen molar-refractivity contribution in [3.63, 3.8) is 0 Å². The number of ether oxygens (including phenoxy) is 1. The Balaban J connectivity index is 2.43. The standard InChI is InChI=1S/C12H22N2O2S2/c1-3-8-16-9-10(15)14-6-4-12(18-2,5-7-14)11(13)17/h3-9H2,1-2H3,(H2,13,17). The third-order valence-corrected chi connectivity index (χ3v) is 5.27. The van der Waals surface area contributed by atoms with Gasteiger partial charge in [0.05, 0.1) is 9.74 Å². The second-order valence-electron chi connectivity index (χ2n) is 4.50. The molecular weight excluding hydrogens is 268 g/mol. The van der Waals surface area contributed by atoms with Gasteiger partial charge in [-0.2, -0.15) is 11.8 Å². The maximum atomic E-state index is 11.9. The Bertz CT molecular complexity index is 302. The van der Waals surface area contributed by atoms with E-state index < -0.39 is 0 Å². The van der Waals surface area contributed by atoms with Crippen LogP contribution in [0.5, 0.6) is 0 Å². The van der Waals surface area contributed by atoms with Gasteiger partial charge in [-0.05, 0) is 25.5 Å². The molecule has 0 aromatic rings. The number of carbonyl (C=O) groups is 1. The first kappa shape index (κ1) is 15.7. The van der Waals surface area contributed by atoms with Crippen molar-refractivity contribution in [3.05, 3.63) is 0 Å². The Morgan fingerprint density at radius 2 is 2.11 bits per heavy atom. The zero-order valence-electron chi connectivity index (χ0n) is 11.1. The van der Waals surface area contributed by atoms with Gasteiger partial charge in [0.2, 0.25) is 5.91 Å². The van der Waals surface area contributed by atoms with Gasteiger partial charge in [0, 0.05) is 19.7 Å². The summed E-state index contributed by atoms with van der Waals surface area (Å²) in [6.45, 7) is 4.29. The fourth-order valence-electron chi connectivity index (χ4n) is 2.06. The van der Waals surface area contributed by atoms with Gasteiger partial charge < -0.3 is 15.4 Å². The number of hydrogen-bond acceptors (Lipinski definition) is 4. The van der Waals surface area contributed by atoms with Gasteiger partial charge >= 0.3 is 0 Å². The van der Waals surface area contributed by atoms with Crippen molar-refractivity contribution in [2.24, 2.45) is 5.73 Å². The predicted molar refractivity (Wildman–Crippen MR) is 80.0 cm³/mol. The Morgan fingerprint density at radius 1 is 1.50 bits per heavy atom. The molecule has 1 rings (SSSR count). The summed E-state index contributed by atoms with van der Waals surface area (Å²) in [7, 11) is 0. The number of thiocarbonyl (C=S) groups is 1. The van der Waals surface area contributed by atoms with E-state index in [1.54, 1.807) is 11.8 Å². The summed E-state index contributed by atoms with van der Waals surface area (Å²) < 4.78 is 5.15. The van der Waals surface area contributed by atoms with E-state index in [4.69, 9.17) is 22.7 Å². The normalized spacial score (nSPS) is 18.7. The van der Waals surface area contributed by atoms with Gasteiger partial charge in [-0.25, -0.2) is 0 Å². The first-order chi connectivity index (χ1) is 8.55. The van der Waals surface area contributed by atoms with E-state index in [-0.39, 0.29) is 17.3 Å². The van der Waals surface area contributed by atoms with Gasteiger partial charge in [0.1, 0.15) is 6.61 Å². The molecule has 0 saturated carbocycles. The number of amides is 1. The molecule has 104 valence electrons. The molecule has 0 bridgehead atoms. The fraction of sp³-hybridized carbons (Fsp3) is 0.833. The molecule has 1 heterocycles. The number of hydrogen-bond donors (Lipinski definition) is 1. The zero-order chi connectivity index (χ0) is 13.6. The van der Waals surface area contributed by atoms with Crippen molar-refractivity contribution >= 4 is 34.9 Å². The number of likely N-dealkylation sites (tertiary alicyclic amines) is 1. The van der Waals surface area contributed by atoms with Crippen LogP contribution in [-0.4, -0.2) is 53.1 Å². The van der Waals surface area contributed by atoms with Crippen molar-refractivity contribution in [3.8, 4) is 0 Å². The van der Waals surface area contributed by atoms with Crippen LogP contribution in [0.2, 0.25) is 0 Å². The summed E-state index contributed by atoms with van der Waals surface area (Å²) in [5.74, 6) is 0.0705. The highest BCUT2D eigenvalue weighted by atomic mass is 32.2. The molecule has 0 unspecified atom stereocenters. The molecule has 18 heavy (non-hydrogen) atoms. The Kier molecular flexibility index (Phi) is 6.38. The minimum Gasteiger partial charge on any atom is -0.392 e. The molecule has 4 nitrogen and oxygen atoms in total. The van der Waals surface area contributed by atoms with Crippen LogP contribution in [0.3, 0.4) is 0 Å². The van der Waals surface area contributed by atoms with Crippen LogP contribution in [0.4, 0.5) is 0 Å². The molecule has 0 aliphatic carbocycles. The lowest BCUT2D eigenvalue weighted by atomic mass is 9.95. The first-order valence-corrected chi connectivity index (χ1v) is 7.89. The van der Waals surface area contributed by atoms with Crippen LogP contribution in [0, 0.1) is 0 Å². The lowest BCUT2D eigenvalue weighted by Crippen LogP contribution is -2.51. The van der Waals surface area contributed by atoms with Gasteiger partial charge in [-0.1, -0.05) is 19.1 Å². The summed E-state index contributed by atoms with van der Waals surface area (Å²) in [5, 5.41) is 0. The quantitative estimate of drug-likeness (QED) is 0.592. The average molecular weight is 290 g/mol. The monoisotopic (exact) mass is 290 g/mol. The SMILES string of the molecule is CCCOCC(=O)N1CCC(SC)(C(N)=S)CC1. The number of nitrogens with zero attached hydrogens (tertiary/aromatic N) is 1. The highest BCUT2D eigenvalue weighted by molar-refractivity contribution is 8.02. The third-order valence-electron chi connectivity index (χ3n) is 3.34. The molecule has 6 heteroatoms. The Labute approximate surface area is 119 Å². The van der Waals surface area contributed by atoms with E-state index in [1.807, 2.05) is 18.1 Å². The van der Waals surface area contributed by atoms with Crippen LogP contribution >= 0.6 is 24.0 Å². The highest BCUT2D eigenvalue weighted by Crippen LogP contribution is 2.34. The Morgan fingerprint density at radius 3 is 2.56 bits per heavy atom. The summed E-state index contributed by atoms with van der Waals surface area (Å²) in [6.07, 6.45) is 4.64. The highest BCUT2D eigenvalue weighted by Gasteiger charge is 2.37. The maximum absolute atomic E-state index is 11.9. The number of rotatable bonds is 6. The molecule has 1 aliphatic heterocycles. The van der Waals surface area contributed by atoms with Crippen molar-refractivity contribution in [2.75, 3.05) is 32.6 Å². The molecule has 1 saturated heterocycles. The molecule has 0 radical (unpaired) electrons. The van der Waals surface area contributed by atoms with E-state index in [0.717, 1.165) is 19.3 Å². The smallest absolute Gasteiger partial charge is 0.248 e. The maximum Gasteiger partial charge on any atom is 0.248 e. The molecule has 1 fully saturated rings. The third kappa shape index (κ3) is 3.83. The van der Waals surface area contributed by atoms with Crippen molar-refractivity contribution in [1.29, 1.82) is 0 Å². The van der Waals surface area contributed by atoms with E-state index in [9.17, 15) is 4.79 Å².